The van der Waals surface area contributed by atoms with Crippen molar-refractivity contribution in [2.24, 2.45) is 0 Å². The van der Waals surface area contributed by atoms with Crippen LogP contribution in [0.1, 0.15) is 10.6 Å². The van der Waals surface area contributed by atoms with Crippen LogP contribution in [-0.2, 0) is 16.1 Å². The highest BCUT2D eigenvalue weighted by Gasteiger charge is 2.36. The van der Waals surface area contributed by atoms with E-state index in [1.807, 2.05) is 17.5 Å². The van der Waals surface area contributed by atoms with Gasteiger partial charge < -0.3 is 9.73 Å². The minimum absolute atomic E-state index is 0.108. The van der Waals surface area contributed by atoms with E-state index in [2.05, 4.69) is 10.6 Å². The third-order valence-corrected chi connectivity index (χ3v) is 4.97. The third-order valence-electron chi connectivity index (χ3n) is 3.25. The molecule has 1 fully saturated rings. The monoisotopic (exact) mass is 391 g/mol. The van der Waals surface area contributed by atoms with Crippen LogP contribution in [0.25, 0.3) is 6.08 Å². The normalized spacial score (nSPS) is 15.5. The van der Waals surface area contributed by atoms with Gasteiger partial charge in [0.1, 0.15) is 12.3 Å². The Morgan fingerprint density at radius 2 is 2.08 bits per heavy atom. The number of furan rings is 1. The number of carbonyl (C=O) groups excluding carboxylic acids is 4. The summed E-state index contributed by atoms with van der Waals surface area (Å²) in [6.45, 7) is -0.419. The molecule has 3 heterocycles. The molecule has 0 radical (unpaired) electrons. The SMILES string of the molecule is O=C(CN1C(=O)S/C(=C\c2cccs2)C1=O)NC(=O)NCc1ccco1. The molecule has 2 aromatic rings. The summed E-state index contributed by atoms with van der Waals surface area (Å²) in [4.78, 5) is 49.7. The van der Waals surface area contributed by atoms with E-state index in [1.54, 1.807) is 18.2 Å². The van der Waals surface area contributed by atoms with Gasteiger partial charge in [0.15, 0.2) is 0 Å². The number of nitrogens with one attached hydrogen (secondary N) is 2. The molecule has 0 saturated carbocycles. The fourth-order valence-corrected chi connectivity index (χ4v) is 3.63. The van der Waals surface area contributed by atoms with E-state index >= 15 is 0 Å². The maximum Gasteiger partial charge on any atom is 0.321 e. The standard InChI is InChI=1S/C16H13N3O5S2/c20-13(18-15(22)17-8-10-3-1-5-24-10)9-19-14(21)12(26-16(19)23)7-11-4-2-6-25-11/h1-7H,8-9H2,(H2,17,18,20,22)/b12-7-. The second kappa shape index (κ2) is 8.02. The van der Waals surface area contributed by atoms with Gasteiger partial charge in [0.2, 0.25) is 5.91 Å². The van der Waals surface area contributed by atoms with Crippen LogP contribution < -0.4 is 10.6 Å². The molecule has 0 aliphatic carbocycles. The molecule has 1 saturated heterocycles. The molecule has 0 unspecified atom stereocenters. The van der Waals surface area contributed by atoms with Gasteiger partial charge in [-0.05, 0) is 41.4 Å². The second-order valence-corrected chi connectivity index (χ2v) is 7.07. The Hall–Kier alpha value is -2.85. The molecule has 2 N–H and O–H groups in total. The second-order valence-electron chi connectivity index (χ2n) is 5.09. The lowest BCUT2D eigenvalue weighted by Crippen LogP contribution is -2.45. The highest BCUT2D eigenvalue weighted by Crippen LogP contribution is 2.32. The minimum Gasteiger partial charge on any atom is -0.467 e. The van der Waals surface area contributed by atoms with Crippen molar-refractivity contribution in [3.63, 3.8) is 0 Å². The van der Waals surface area contributed by atoms with Crippen LogP contribution in [0.4, 0.5) is 9.59 Å². The van der Waals surface area contributed by atoms with Crippen LogP contribution in [0.3, 0.4) is 0 Å². The molecular weight excluding hydrogens is 378 g/mol. The first-order chi connectivity index (χ1) is 12.5. The van der Waals surface area contributed by atoms with Gasteiger partial charge in [0.25, 0.3) is 11.1 Å². The number of thioether (sulfide) groups is 1. The number of nitrogens with zero attached hydrogens (tertiary/aromatic N) is 1. The van der Waals surface area contributed by atoms with Crippen molar-refractivity contribution in [3.8, 4) is 0 Å². The van der Waals surface area contributed by atoms with Crippen LogP contribution in [0, 0.1) is 0 Å². The quantitative estimate of drug-likeness (QED) is 0.758. The van der Waals surface area contributed by atoms with Crippen molar-refractivity contribution in [2.75, 3.05) is 6.54 Å². The summed E-state index contributed by atoms with van der Waals surface area (Å²) in [5.74, 6) is -0.793. The van der Waals surface area contributed by atoms with Crippen LogP contribution in [0.15, 0.2) is 45.2 Å². The number of amides is 5. The summed E-state index contributed by atoms with van der Waals surface area (Å²) in [5, 5.41) is 5.80. The van der Waals surface area contributed by atoms with Crippen molar-refractivity contribution in [3.05, 3.63) is 51.5 Å². The average molecular weight is 391 g/mol. The van der Waals surface area contributed by atoms with Crippen LogP contribution in [0.2, 0.25) is 0 Å². The van der Waals surface area contributed by atoms with Crippen molar-refractivity contribution in [1.29, 1.82) is 0 Å². The number of urea groups is 1. The highest BCUT2D eigenvalue weighted by atomic mass is 32.2. The zero-order chi connectivity index (χ0) is 18.5. The van der Waals surface area contributed by atoms with Gasteiger partial charge in [-0.3, -0.25) is 24.6 Å². The van der Waals surface area contributed by atoms with E-state index in [9.17, 15) is 19.2 Å². The van der Waals surface area contributed by atoms with E-state index in [4.69, 9.17) is 4.42 Å². The number of thiophene rings is 1. The van der Waals surface area contributed by atoms with Crippen LogP contribution in [-0.4, -0.2) is 34.5 Å². The minimum atomic E-state index is -0.762. The molecule has 0 spiro atoms. The van der Waals surface area contributed by atoms with Crippen molar-refractivity contribution in [1.82, 2.24) is 15.5 Å². The summed E-state index contributed by atoms with van der Waals surface area (Å²) in [7, 11) is 0. The number of hydrogen-bond donors (Lipinski definition) is 2. The first-order valence-electron chi connectivity index (χ1n) is 7.42. The summed E-state index contributed by atoms with van der Waals surface area (Å²) in [5.41, 5.74) is 0. The Kier molecular flexibility index (Phi) is 5.54. The van der Waals surface area contributed by atoms with Gasteiger partial charge in [-0.2, -0.15) is 0 Å². The molecule has 1 aliphatic rings. The Balaban J connectivity index is 1.52. The van der Waals surface area contributed by atoms with Gasteiger partial charge in [-0.15, -0.1) is 11.3 Å². The van der Waals surface area contributed by atoms with Gasteiger partial charge in [-0.1, -0.05) is 6.07 Å². The Morgan fingerprint density at radius 3 is 2.77 bits per heavy atom. The predicted molar refractivity (Wildman–Crippen MR) is 96.1 cm³/mol. The van der Waals surface area contributed by atoms with Crippen molar-refractivity contribution >= 4 is 52.3 Å². The number of rotatable bonds is 5. The van der Waals surface area contributed by atoms with E-state index in [0.29, 0.717) is 5.76 Å². The molecule has 8 nitrogen and oxygen atoms in total. The maximum atomic E-state index is 12.3. The topological polar surface area (TPSA) is 109 Å². The first-order valence-corrected chi connectivity index (χ1v) is 9.11. The summed E-state index contributed by atoms with van der Waals surface area (Å²) < 4.78 is 5.05. The summed E-state index contributed by atoms with van der Waals surface area (Å²) in [6.07, 6.45) is 3.06. The Labute approximate surface area is 156 Å². The van der Waals surface area contributed by atoms with E-state index in [0.717, 1.165) is 21.5 Å². The number of imide groups is 2. The largest absolute Gasteiger partial charge is 0.467 e. The zero-order valence-corrected chi connectivity index (χ0v) is 14.9. The lowest BCUT2D eigenvalue weighted by molar-refractivity contribution is -0.128. The molecule has 0 atom stereocenters. The molecule has 0 aromatic carbocycles. The summed E-state index contributed by atoms with van der Waals surface area (Å²) >= 11 is 2.19. The fourth-order valence-electron chi connectivity index (χ4n) is 2.07. The lowest BCUT2D eigenvalue weighted by Gasteiger charge is -2.12. The van der Waals surface area contributed by atoms with Crippen molar-refractivity contribution in [2.45, 2.75) is 6.54 Å². The molecule has 26 heavy (non-hydrogen) atoms. The molecule has 5 amide bonds. The van der Waals surface area contributed by atoms with Gasteiger partial charge in [-0.25, -0.2) is 4.79 Å². The van der Waals surface area contributed by atoms with E-state index < -0.39 is 29.6 Å². The zero-order valence-electron chi connectivity index (χ0n) is 13.3. The Morgan fingerprint density at radius 1 is 1.23 bits per heavy atom. The average Bonchev–Trinajstić information content (AvgIpc) is 3.33. The molecule has 2 aromatic heterocycles. The molecule has 10 heteroatoms. The number of carbonyl (C=O) groups is 4. The predicted octanol–water partition coefficient (Wildman–Crippen LogP) is 2.40. The highest BCUT2D eigenvalue weighted by molar-refractivity contribution is 8.18. The van der Waals surface area contributed by atoms with Gasteiger partial charge in [0, 0.05) is 4.88 Å². The van der Waals surface area contributed by atoms with Crippen LogP contribution in [0.5, 0.6) is 0 Å². The maximum absolute atomic E-state index is 12.3. The molecular formula is C16H13N3O5S2. The number of hydrogen-bond acceptors (Lipinski definition) is 7. The lowest BCUT2D eigenvalue weighted by atomic mass is 10.3. The first kappa shape index (κ1) is 18.0. The molecule has 0 bridgehead atoms. The van der Waals surface area contributed by atoms with Crippen molar-refractivity contribution < 1.29 is 23.6 Å². The smallest absolute Gasteiger partial charge is 0.321 e. The van der Waals surface area contributed by atoms with Crippen LogP contribution >= 0.6 is 23.1 Å². The van der Waals surface area contributed by atoms with E-state index in [-0.39, 0.29) is 11.4 Å². The van der Waals surface area contributed by atoms with Gasteiger partial charge in [0.05, 0.1) is 17.7 Å². The summed E-state index contributed by atoms with van der Waals surface area (Å²) in [6, 6.07) is 6.24. The van der Waals surface area contributed by atoms with Gasteiger partial charge >= 0.3 is 6.03 Å². The molecule has 134 valence electrons. The Bertz CT molecular complexity index is 859. The molecule has 3 rings (SSSR count). The third kappa shape index (κ3) is 4.41. The molecule has 1 aliphatic heterocycles. The fraction of sp³-hybridized carbons (Fsp3) is 0.125. The van der Waals surface area contributed by atoms with E-state index in [1.165, 1.54) is 17.6 Å².